The molecular weight excluding hydrogens is 294 g/mol. The van der Waals surface area contributed by atoms with E-state index in [0.29, 0.717) is 13.1 Å². The Balaban J connectivity index is 2.94. The standard InChI is InChI=1S/C13H20BrN3O/c1-3-6-17(9-13(18)16-2)12-5-4-10(8-15)7-11(12)14/h4-5,7H,3,6,8-9,15H2,1-2H3,(H,16,18). The Morgan fingerprint density at radius 1 is 1.50 bits per heavy atom. The highest BCUT2D eigenvalue weighted by Crippen LogP contribution is 2.27. The van der Waals surface area contributed by atoms with Crippen LogP contribution in [-0.2, 0) is 11.3 Å². The lowest BCUT2D eigenvalue weighted by Crippen LogP contribution is -2.36. The van der Waals surface area contributed by atoms with Gasteiger partial charge in [-0.15, -0.1) is 0 Å². The van der Waals surface area contributed by atoms with Crippen molar-refractivity contribution in [2.75, 3.05) is 25.0 Å². The number of halogens is 1. The molecule has 100 valence electrons. The fourth-order valence-corrected chi connectivity index (χ4v) is 2.42. The summed E-state index contributed by atoms with van der Waals surface area (Å²) in [7, 11) is 1.65. The third-order valence-electron chi connectivity index (χ3n) is 2.70. The molecule has 0 spiro atoms. The molecule has 18 heavy (non-hydrogen) atoms. The quantitative estimate of drug-likeness (QED) is 0.843. The van der Waals surface area contributed by atoms with E-state index < -0.39 is 0 Å². The summed E-state index contributed by atoms with van der Waals surface area (Å²) in [5.41, 5.74) is 7.70. The van der Waals surface area contributed by atoms with Crippen molar-refractivity contribution in [3.8, 4) is 0 Å². The van der Waals surface area contributed by atoms with Crippen molar-refractivity contribution in [2.45, 2.75) is 19.9 Å². The molecule has 3 N–H and O–H groups in total. The SMILES string of the molecule is CCCN(CC(=O)NC)c1ccc(CN)cc1Br. The summed E-state index contributed by atoms with van der Waals surface area (Å²) in [4.78, 5) is 13.6. The molecule has 0 radical (unpaired) electrons. The smallest absolute Gasteiger partial charge is 0.239 e. The first kappa shape index (κ1) is 15.0. The second kappa shape index (κ2) is 7.38. The van der Waals surface area contributed by atoms with Crippen LogP contribution in [0.15, 0.2) is 22.7 Å². The van der Waals surface area contributed by atoms with Gasteiger partial charge in [0.05, 0.1) is 12.2 Å². The molecule has 0 aliphatic carbocycles. The van der Waals surface area contributed by atoms with Crippen LogP contribution < -0.4 is 16.0 Å². The topological polar surface area (TPSA) is 58.4 Å². The molecule has 0 unspecified atom stereocenters. The van der Waals surface area contributed by atoms with Crippen LogP contribution in [0.5, 0.6) is 0 Å². The fourth-order valence-electron chi connectivity index (χ4n) is 1.74. The minimum absolute atomic E-state index is 0.0123. The minimum Gasteiger partial charge on any atom is -0.361 e. The van der Waals surface area contributed by atoms with Gasteiger partial charge in [0.25, 0.3) is 0 Å². The van der Waals surface area contributed by atoms with Gasteiger partial charge in [-0.2, -0.15) is 0 Å². The van der Waals surface area contributed by atoms with E-state index in [-0.39, 0.29) is 5.91 Å². The molecule has 1 amide bonds. The predicted octanol–water partition coefficient (Wildman–Crippen LogP) is 1.87. The number of carbonyl (C=O) groups excluding carboxylic acids is 1. The monoisotopic (exact) mass is 313 g/mol. The summed E-state index contributed by atoms with van der Waals surface area (Å²) in [5.74, 6) is 0.0123. The minimum atomic E-state index is 0.0123. The Bertz CT molecular complexity index is 409. The average molecular weight is 314 g/mol. The van der Waals surface area contributed by atoms with Gasteiger partial charge in [-0.1, -0.05) is 13.0 Å². The number of rotatable bonds is 6. The van der Waals surface area contributed by atoms with E-state index in [1.807, 2.05) is 18.2 Å². The van der Waals surface area contributed by atoms with Gasteiger partial charge in [-0.3, -0.25) is 4.79 Å². The number of benzene rings is 1. The molecule has 0 aromatic heterocycles. The summed E-state index contributed by atoms with van der Waals surface area (Å²) in [5, 5.41) is 2.65. The molecule has 1 aromatic rings. The van der Waals surface area contributed by atoms with Crippen LogP contribution in [0, 0.1) is 0 Å². The summed E-state index contributed by atoms with van der Waals surface area (Å²) >= 11 is 3.54. The number of nitrogens with two attached hydrogens (primary N) is 1. The van der Waals surface area contributed by atoms with E-state index in [1.165, 1.54) is 0 Å². The Morgan fingerprint density at radius 3 is 2.72 bits per heavy atom. The van der Waals surface area contributed by atoms with Crippen LogP contribution in [-0.4, -0.2) is 26.0 Å². The Morgan fingerprint density at radius 2 is 2.22 bits per heavy atom. The van der Waals surface area contributed by atoms with E-state index in [0.717, 1.165) is 28.7 Å². The molecule has 0 bridgehead atoms. The van der Waals surface area contributed by atoms with Crippen molar-refractivity contribution < 1.29 is 4.79 Å². The van der Waals surface area contributed by atoms with E-state index in [1.54, 1.807) is 7.05 Å². The molecule has 0 heterocycles. The summed E-state index contributed by atoms with van der Waals surface area (Å²) in [6.45, 7) is 3.82. The van der Waals surface area contributed by atoms with Crippen molar-refractivity contribution in [1.82, 2.24) is 5.32 Å². The molecule has 4 nitrogen and oxygen atoms in total. The number of nitrogens with zero attached hydrogens (tertiary/aromatic N) is 1. The van der Waals surface area contributed by atoms with Gasteiger partial charge in [-0.25, -0.2) is 0 Å². The third kappa shape index (κ3) is 3.99. The second-order valence-corrected chi connectivity index (χ2v) is 4.94. The number of anilines is 1. The largest absolute Gasteiger partial charge is 0.361 e. The molecule has 0 atom stereocenters. The number of nitrogens with one attached hydrogen (secondary N) is 1. The normalized spacial score (nSPS) is 10.2. The van der Waals surface area contributed by atoms with Crippen LogP contribution >= 0.6 is 15.9 Å². The molecule has 0 saturated heterocycles. The van der Waals surface area contributed by atoms with Crippen LogP contribution in [0.25, 0.3) is 0 Å². The first-order valence-electron chi connectivity index (χ1n) is 6.06. The maximum Gasteiger partial charge on any atom is 0.239 e. The molecule has 0 aliphatic heterocycles. The van der Waals surface area contributed by atoms with Crippen molar-refractivity contribution in [3.05, 3.63) is 28.2 Å². The molecule has 1 aromatic carbocycles. The van der Waals surface area contributed by atoms with E-state index in [9.17, 15) is 4.79 Å². The highest BCUT2D eigenvalue weighted by molar-refractivity contribution is 9.10. The third-order valence-corrected chi connectivity index (χ3v) is 3.33. The van der Waals surface area contributed by atoms with Crippen molar-refractivity contribution in [3.63, 3.8) is 0 Å². The van der Waals surface area contributed by atoms with Crippen molar-refractivity contribution in [2.24, 2.45) is 5.73 Å². The molecule has 0 fully saturated rings. The lowest BCUT2D eigenvalue weighted by Gasteiger charge is -2.25. The zero-order valence-corrected chi connectivity index (χ0v) is 12.5. The Hall–Kier alpha value is -1.07. The van der Waals surface area contributed by atoms with Crippen LogP contribution in [0.3, 0.4) is 0 Å². The number of carbonyl (C=O) groups is 1. The van der Waals surface area contributed by atoms with Crippen LogP contribution in [0.2, 0.25) is 0 Å². The van der Waals surface area contributed by atoms with Crippen molar-refractivity contribution in [1.29, 1.82) is 0 Å². The van der Waals surface area contributed by atoms with Gasteiger partial charge in [-0.05, 0) is 40.0 Å². The maximum absolute atomic E-state index is 11.5. The van der Waals surface area contributed by atoms with Crippen LogP contribution in [0.1, 0.15) is 18.9 Å². The zero-order chi connectivity index (χ0) is 13.5. The molecule has 5 heteroatoms. The Kier molecular flexibility index (Phi) is 6.15. The highest BCUT2D eigenvalue weighted by atomic mass is 79.9. The van der Waals surface area contributed by atoms with Gasteiger partial charge < -0.3 is 16.0 Å². The second-order valence-electron chi connectivity index (χ2n) is 4.08. The highest BCUT2D eigenvalue weighted by Gasteiger charge is 2.12. The summed E-state index contributed by atoms with van der Waals surface area (Å²) in [6.07, 6.45) is 0.988. The van der Waals surface area contributed by atoms with E-state index >= 15 is 0 Å². The summed E-state index contributed by atoms with van der Waals surface area (Å²) in [6, 6.07) is 6.00. The van der Waals surface area contributed by atoms with Gasteiger partial charge >= 0.3 is 0 Å². The molecule has 1 rings (SSSR count). The molecular formula is C13H20BrN3O. The fraction of sp³-hybridized carbons (Fsp3) is 0.462. The van der Waals surface area contributed by atoms with Gasteiger partial charge in [0.1, 0.15) is 0 Å². The Labute approximate surface area is 117 Å². The number of hydrogen-bond donors (Lipinski definition) is 2. The average Bonchev–Trinajstić information content (AvgIpc) is 2.38. The van der Waals surface area contributed by atoms with E-state index in [4.69, 9.17) is 5.73 Å². The predicted molar refractivity (Wildman–Crippen MR) is 78.6 cm³/mol. The first-order valence-corrected chi connectivity index (χ1v) is 6.85. The lowest BCUT2D eigenvalue weighted by atomic mass is 10.2. The van der Waals surface area contributed by atoms with Gasteiger partial charge in [0.2, 0.25) is 5.91 Å². The number of likely N-dealkylation sites (N-methyl/N-ethyl adjacent to an activating group) is 1. The van der Waals surface area contributed by atoms with Gasteiger partial charge in [0.15, 0.2) is 0 Å². The molecule has 0 aliphatic rings. The summed E-state index contributed by atoms with van der Waals surface area (Å²) < 4.78 is 0.975. The van der Waals surface area contributed by atoms with Crippen molar-refractivity contribution >= 4 is 27.5 Å². The lowest BCUT2D eigenvalue weighted by molar-refractivity contribution is -0.119. The maximum atomic E-state index is 11.5. The van der Waals surface area contributed by atoms with Crippen LogP contribution in [0.4, 0.5) is 5.69 Å². The first-order chi connectivity index (χ1) is 8.62. The number of amides is 1. The zero-order valence-electron chi connectivity index (χ0n) is 10.9. The number of hydrogen-bond acceptors (Lipinski definition) is 3. The molecule has 0 saturated carbocycles. The van der Waals surface area contributed by atoms with Gasteiger partial charge in [0, 0.05) is 24.6 Å². The van der Waals surface area contributed by atoms with E-state index in [2.05, 4.69) is 33.1 Å².